The van der Waals surface area contributed by atoms with Crippen molar-refractivity contribution in [3.8, 4) is 0 Å². The summed E-state index contributed by atoms with van der Waals surface area (Å²) in [6, 6.07) is 11.1. The standard InChI is InChI=1S/C19H25N3S/c20-18-21-16-10-11-19(14-17(16)23-18,15-8-4-3-5-9-15)22-12-6-1-2-7-13-22/h3-5,8-9H,1-2,6-7,10-14H2,(H2,20,21). The van der Waals surface area contributed by atoms with E-state index in [2.05, 4.69) is 40.2 Å². The van der Waals surface area contributed by atoms with Gasteiger partial charge >= 0.3 is 0 Å². The van der Waals surface area contributed by atoms with Crippen molar-refractivity contribution in [3.63, 3.8) is 0 Å². The van der Waals surface area contributed by atoms with E-state index >= 15 is 0 Å². The van der Waals surface area contributed by atoms with Gasteiger partial charge in [0.2, 0.25) is 0 Å². The predicted octanol–water partition coefficient (Wildman–Crippen LogP) is 3.99. The molecular weight excluding hydrogens is 302 g/mol. The van der Waals surface area contributed by atoms with Crippen molar-refractivity contribution in [2.45, 2.75) is 50.5 Å². The van der Waals surface area contributed by atoms with Crippen LogP contribution in [0.3, 0.4) is 0 Å². The number of likely N-dealkylation sites (tertiary alicyclic amines) is 1. The number of anilines is 1. The van der Waals surface area contributed by atoms with Crippen LogP contribution in [-0.4, -0.2) is 23.0 Å². The minimum Gasteiger partial charge on any atom is -0.375 e. The third-order valence-electron chi connectivity index (χ3n) is 5.55. The molecule has 0 saturated carbocycles. The average Bonchev–Trinajstić information content (AvgIpc) is 2.77. The van der Waals surface area contributed by atoms with Crippen LogP contribution < -0.4 is 5.73 Å². The molecule has 2 aliphatic rings. The number of hydrogen-bond acceptors (Lipinski definition) is 4. The molecule has 23 heavy (non-hydrogen) atoms. The molecule has 1 unspecified atom stereocenters. The smallest absolute Gasteiger partial charge is 0.180 e. The minimum absolute atomic E-state index is 0.136. The van der Waals surface area contributed by atoms with E-state index in [1.807, 2.05) is 0 Å². The summed E-state index contributed by atoms with van der Waals surface area (Å²) in [6.45, 7) is 2.44. The molecule has 0 bridgehead atoms. The highest BCUT2D eigenvalue weighted by molar-refractivity contribution is 7.15. The molecule has 0 amide bonds. The molecule has 1 atom stereocenters. The molecule has 0 radical (unpaired) electrons. The second-order valence-electron chi connectivity index (χ2n) is 6.90. The fraction of sp³-hybridized carbons (Fsp3) is 0.526. The zero-order valence-electron chi connectivity index (χ0n) is 13.6. The van der Waals surface area contributed by atoms with Gasteiger partial charge in [-0.3, -0.25) is 4.90 Å². The zero-order valence-corrected chi connectivity index (χ0v) is 14.4. The first-order valence-corrected chi connectivity index (χ1v) is 9.64. The van der Waals surface area contributed by atoms with Crippen molar-refractivity contribution >= 4 is 16.5 Å². The highest BCUT2D eigenvalue weighted by atomic mass is 32.1. The summed E-state index contributed by atoms with van der Waals surface area (Å²) < 4.78 is 0. The van der Waals surface area contributed by atoms with E-state index in [1.54, 1.807) is 11.3 Å². The molecule has 122 valence electrons. The number of nitrogen functional groups attached to an aromatic ring is 1. The Labute approximate surface area is 142 Å². The van der Waals surface area contributed by atoms with Crippen molar-refractivity contribution in [2.75, 3.05) is 18.8 Å². The third-order valence-corrected chi connectivity index (χ3v) is 6.47. The monoisotopic (exact) mass is 327 g/mol. The van der Waals surface area contributed by atoms with Gasteiger partial charge in [-0.2, -0.15) is 0 Å². The molecule has 1 saturated heterocycles. The Balaban J connectivity index is 1.75. The Bertz CT molecular complexity index is 659. The number of hydrogen-bond donors (Lipinski definition) is 1. The first kappa shape index (κ1) is 15.2. The molecule has 1 aromatic heterocycles. The summed E-state index contributed by atoms with van der Waals surface area (Å²) >= 11 is 1.70. The fourth-order valence-electron chi connectivity index (χ4n) is 4.36. The topological polar surface area (TPSA) is 42.1 Å². The molecule has 2 aromatic rings. The van der Waals surface area contributed by atoms with E-state index in [9.17, 15) is 0 Å². The quantitative estimate of drug-likeness (QED) is 0.907. The second kappa shape index (κ2) is 6.25. The summed E-state index contributed by atoms with van der Waals surface area (Å²) in [7, 11) is 0. The lowest BCUT2D eigenvalue weighted by atomic mass is 9.76. The van der Waals surface area contributed by atoms with Gasteiger partial charge in [0.25, 0.3) is 0 Å². The normalized spacial score (nSPS) is 25.7. The summed E-state index contributed by atoms with van der Waals surface area (Å²) in [6.07, 6.45) is 8.68. The number of thiazole rings is 1. The first-order valence-electron chi connectivity index (χ1n) is 8.83. The molecule has 2 heterocycles. The highest BCUT2D eigenvalue weighted by Crippen LogP contribution is 2.44. The van der Waals surface area contributed by atoms with Gasteiger partial charge in [-0.1, -0.05) is 43.2 Å². The Morgan fingerprint density at radius 3 is 2.52 bits per heavy atom. The lowest BCUT2D eigenvalue weighted by Gasteiger charge is -2.46. The fourth-order valence-corrected chi connectivity index (χ4v) is 5.35. The Morgan fingerprint density at radius 2 is 1.78 bits per heavy atom. The van der Waals surface area contributed by atoms with Gasteiger partial charge in [0, 0.05) is 11.3 Å². The average molecular weight is 327 g/mol. The molecular formula is C19H25N3S. The second-order valence-corrected chi connectivity index (χ2v) is 8.01. The molecule has 3 nitrogen and oxygen atoms in total. The SMILES string of the molecule is Nc1nc2c(s1)CC(c1ccccc1)(N1CCCCCC1)CC2. The van der Waals surface area contributed by atoms with Gasteiger partial charge in [0.05, 0.1) is 11.2 Å². The summed E-state index contributed by atoms with van der Waals surface area (Å²) in [5, 5.41) is 0.731. The van der Waals surface area contributed by atoms with Gasteiger partial charge in [-0.25, -0.2) is 4.98 Å². The van der Waals surface area contributed by atoms with Crippen molar-refractivity contribution in [1.29, 1.82) is 0 Å². The van der Waals surface area contributed by atoms with Crippen molar-refractivity contribution in [3.05, 3.63) is 46.5 Å². The van der Waals surface area contributed by atoms with Crippen LogP contribution in [0, 0.1) is 0 Å². The molecule has 1 aliphatic carbocycles. The predicted molar refractivity (Wildman–Crippen MR) is 96.7 cm³/mol. The number of aryl methyl sites for hydroxylation is 1. The number of aromatic nitrogens is 1. The lowest BCUT2D eigenvalue weighted by Crippen LogP contribution is -2.50. The van der Waals surface area contributed by atoms with Crippen molar-refractivity contribution in [2.24, 2.45) is 0 Å². The number of fused-ring (bicyclic) bond motifs is 1. The Morgan fingerprint density at radius 1 is 1.04 bits per heavy atom. The maximum atomic E-state index is 5.98. The Kier molecular flexibility index (Phi) is 4.12. The van der Waals surface area contributed by atoms with Gasteiger partial charge in [0.15, 0.2) is 5.13 Å². The van der Waals surface area contributed by atoms with E-state index in [1.165, 1.54) is 54.9 Å². The molecule has 2 N–H and O–H groups in total. The van der Waals surface area contributed by atoms with Gasteiger partial charge in [-0.05, 0) is 44.3 Å². The largest absolute Gasteiger partial charge is 0.375 e. The van der Waals surface area contributed by atoms with Crippen LogP contribution in [0.4, 0.5) is 5.13 Å². The Hall–Kier alpha value is -1.39. The maximum absolute atomic E-state index is 5.98. The van der Waals surface area contributed by atoms with E-state index in [-0.39, 0.29) is 5.54 Å². The molecule has 4 rings (SSSR count). The summed E-state index contributed by atoms with van der Waals surface area (Å²) in [5.74, 6) is 0. The van der Waals surface area contributed by atoms with E-state index < -0.39 is 0 Å². The number of rotatable bonds is 2. The molecule has 1 aromatic carbocycles. The number of nitrogens with zero attached hydrogens (tertiary/aromatic N) is 2. The lowest BCUT2D eigenvalue weighted by molar-refractivity contribution is 0.0736. The van der Waals surface area contributed by atoms with Crippen LogP contribution in [0.5, 0.6) is 0 Å². The number of benzene rings is 1. The van der Waals surface area contributed by atoms with Crippen LogP contribution in [0.25, 0.3) is 0 Å². The summed E-state index contributed by atoms with van der Waals surface area (Å²) in [5.41, 5.74) is 8.84. The van der Waals surface area contributed by atoms with Crippen LogP contribution >= 0.6 is 11.3 Å². The van der Waals surface area contributed by atoms with Crippen LogP contribution in [0.1, 0.15) is 48.2 Å². The maximum Gasteiger partial charge on any atom is 0.180 e. The third kappa shape index (κ3) is 2.79. The minimum atomic E-state index is 0.136. The molecule has 4 heteroatoms. The summed E-state index contributed by atoms with van der Waals surface area (Å²) in [4.78, 5) is 8.73. The van der Waals surface area contributed by atoms with Crippen LogP contribution in [0.15, 0.2) is 30.3 Å². The van der Waals surface area contributed by atoms with Crippen molar-refractivity contribution < 1.29 is 0 Å². The van der Waals surface area contributed by atoms with E-state index in [0.717, 1.165) is 24.4 Å². The van der Waals surface area contributed by atoms with Crippen LogP contribution in [-0.2, 0) is 18.4 Å². The van der Waals surface area contributed by atoms with Gasteiger partial charge in [-0.15, -0.1) is 11.3 Å². The molecule has 0 spiro atoms. The van der Waals surface area contributed by atoms with Gasteiger partial charge < -0.3 is 5.73 Å². The van der Waals surface area contributed by atoms with Gasteiger partial charge in [0.1, 0.15) is 0 Å². The highest BCUT2D eigenvalue weighted by Gasteiger charge is 2.42. The van der Waals surface area contributed by atoms with E-state index in [0.29, 0.717) is 0 Å². The molecule has 1 fully saturated rings. The zero-order chi connectivity index (χ0) is 15.7. The molecule has 1 aliphatic heterocycles. The number of nitrogens with two attached hydrogens (primary N) is 1. The van der Waals surface area contributed by atoms with E-state index in [4.69, 9.17) is 5.73 Å². The van der Waals surface area contributed by atoms with Crippen LogP contribution in [0.2, 0.25) is 0 Å². The first-order chi connectivity index (χ1) is 11.3. The van der Waals surface area contributed by atoms with Crippen molar-refractivity contribution in [1.82, 2.24) is 9.88 Å².